The second kappa shape index (κ2) is 8.88. The van der Waals surface area contributed by atoms with Crippen LogP contribution in [0.5, 0.6) is 0 Å². The third kappa shape index (κ3) is 3.91. The molecule has 1 amide bonds. The highest BCUT2D eigenvalue weighted by Crippen LogP contribution is 2.29. The summed E-state index contributed by atoms with van der Waals surface area (Å²) in [6.45, 7) is 4.23. The summed E-state index contributed by atoms with van der Waals surface area (Å²) in [6, 6.07) is 20.6. The maximum absolute atomic E-state index is 13.5. The standard InChI is InChI=1S/C27H23N3O4S/c1-2-15-30(20-9-4-3-5-10-20)35(33,34)21-12-13-24-22(17-21)26(31)23(18-28-24)27(32)29-16-14-19-8-6-7-11-25(19)29/h2-13,17-18H,1,14-16H2,(H,28,31). The van der Waals surface area contributed by atoms with Crippen LogP contribution in [0.3, 0.4) is 0 Å². The van der Waals surface area contributed by atoms with Gasteiger partial charge in [-0.05, 0) is 48.4 Å². The van der Waals surface area contributed by atoms with Gasteiger partial charge >= 0.3 is 0 Å². The summed E-state index contributed by atoms with van der Waals surface area (Å²) >= 11 is 0. The van der Waals surface area contributed by atoms with Crippen LogP contribution in [0, 0.1) is 0 Å². The number of aromatic amines is 1. The maximum Gasteiger partial charge on any atom is 0.264 e. The van der Waals surface area contributed by atoms with Gasteiger partial charge in [0.2, 0.25) is 5.43 Å². The minimum atomic E-state index is -4.00. The molecule has 1 aliphatic rings. The second-order valence-electron chi connectivity index (χ2n) is 8.23. The average molecular weight is 486 g/mol. The first kappa shape index (κ1) is 22.6. The van der Waals surface area contributed by atoms with Gasteiger partial charge in [0.1, 0.15) is 5.56 Å². The van der Waals surface area contributed by atoms with E-state index in [-0.39, 0.29) is 22.4 Å². The van der Waals surface area contributed by atoms with E-state index in [1.54, 1.807) is 41.3 Å². The highest BCUT2D eigenvalue weighted by atomic mass is 32.2. The third-order valence-corrected chi connectivity index (χ3v) is 7.93. The number of pyridine rings is 1. The van der Waals surface area contributed by atoms with Crippen molar-refractivity contribution in [3.05, 3.63) is 113 Å². The Kier molecular flexibility index (Phi) is 5.74. The number of nitrogens with zero attached hydrogens (tertiary/aromatic N) is 2. The van der Waals surface area contributed by atoms with Gasteiger partial charge < -0.3 is 9.88 Å². The molecule has 1 aromatic heterocycles. The van der Waals surface area contributed by atoms with Gasteiger partial charge in [-0.3, -0.25) is 13.9 Å². The highest BCUT2D eigenvalue weighted by Gasteiger charge is 2.28. The van der Waals surface area contributed by atoms with Crippen LogP contribution in [0.25, 0.3) is 10.9 Å². The Bertz CT molecular complexity index is 1610. The van der Waals surface area contributed by atoms with Crippen LogP contribution in [-0.2, 0) is 16.4 Å². The monoisotopic (exact) mass is 485 g/mol. The lowest BCUT2D eigenvalue weighted by molar-refractivity contribution is 0.0988. The molecule has 8 heteroatoms. The molecule has 0 saturated heterocycles. The minimum absolute atomic E-state index is 0.0326. The Morgan fingerprint density at radius 3 is 2.57 bits per heavy atom. The molecule has 0 bridgehead atoms. The Morgan fingerprint density at radius 1 is 1.06 bits per heavy atom. The van der Waals surface area contributed by atoms with Gasteiger partial charge in [-0.15, -0.1) is 6.58 Å². The van der Waals surface area contributed by atoms with Gasteiger partial charge in [0.05, 0.1) is 17.1 Å². The maximum atomic E-state index is 13.5. The second-order valence-corrected chi connectivity index (χ2v) is 10.1. The fraction of sp³-hybridized carbons (Fsp3) is 0.111. The number of anilines is 2. The van der Waals surface area contributed by atoms with Crippen LogP contribution in [0.15, 0.2) is 101 Å². The number of carbonyl (C=O) groups excluding carboxylic acids is 1. The number of benzene rings is 3. The first-order chi connectivity index (χ1) is 16.9. The predicted molar refractivity (Wildman–Crippen MR) is 138 cm³/mol. The molecule has 176 valence electrons. The van der Waals surface area contributed by atoms with Crippen LogP contribution in [0.2, 0.25) is 0 Å². The Hall–Kier alpha value is -4.17. The molecule has 0 radical (unpaired) electrons. The molecule has 0 fully saturated rings. The van der Waals surface area contributed by atoms with E-state index < -0.39 is 21.4 Å². The fourth-order valence-electron chi connectivity index (χ4n) is 4.39. The molecule has 0 unspecified atom stereocenters. The number of aromatic nitrogens is 1. The van der Waals surface area contributed by atoms with Gasteiger partial charge in [-0.2, -0.15) is 0 Å². The summed E-state index contributed by atoms with van der Waals surface area (Å²) in [5.41, 5.74) is 2.22. The van der Waals surface area contributed by atoms with Crippen LogP contribution in [0.1, 0.15) is 15.9 Å². The van der Waals surface area contributed by atoms with Crippen molar-refractivity contribution in [2.75, 3.05) is 22.3 Å². The van der Waals surface area contributed by atoms with E-state index in [1.807, 2.05) is 24.3 Å². The lowest BCUT2D eigenvalue weighted by atomic mass is 10.1. The van der Waals surface area contributed by atoms with Crippen molar-refractivity contribution in [1.29, 1.82) is 0 Å². The largest absolute Gasteiger partial charge is 0.360 e. The molecule has 0 saturated carbocycles. The molecule has 4 aromatic rings. The number of hydrogen-bond donors (Lipinski definition) is 1. The molecule has 0 aliphatic carbocycles. The van der Waals surface area contributed by atoms with E-state index in [0.717, 1.165) is 11.3 Å². The van der Waals surface area contributed by atoms with Gasteiger partial charge in [-0.1, -0.05) is 42.5 Å². The van der Waals surface area contributed by atoms with Crippen molar-refractivity contribution in [2.45, 2.75) is 11.3 Å². The van der Waals surface area contributed by atoms with Gasteiger partial charge in [-0.25, -0.2) is 8.42 Å². The first-order valence-electron chi connectivity index (χ1n) is 11.2. The molecule has 2 heterocycles. The molecular formula is C27H23N3O4S. The van der Waals surface area contributed by atoms with E-state index in [4.69, 9.17) is 0 Å². The van der Waals surface area contributed by atoms with E-state index in [2.05, 4.69) is 11.6 Å². The summed E-state index contributed by atoms with van der Waals surface area (Å²) in [6.07, 6.45) is 3.62. The van der Waals surface area contributed by atoms with Crippen molar-refractivity contribution < 1.29 is 13.2 Å². The number of nitrogens with one attached hydrogen (secondary N) is 1. The van der Waals surface area contributed by atoms with Crippen molar-refractivity contribution in [3.63, 3.8) is 0 Å². The molecule has 7 nitrogen and oxygen atoms in total. The highest BCUT2D eigenvalue weighted by molar-refractivity contribution is 7.92. The molecule has 0 spiro atoms. The number of H-pyrrole nitrogens is 1. The lowest BCUT2D eigenvalue weighted by Gasteiger charge is -2.23. The number of carbonyl (C=O) groups is 1. The normalized spacial score (nSPS) is 13.0. The summed E-state index contributed by atoms with van der Waals surface area (Å²) < 4.78 is 28.3. The van der Waals surface area contributed by atoms with Crippen molar-refractivity contribution >= 4 is 38.2 Å². The molecule has 35 heavy (non-hydrogen) atoms. The number of sulfonamides is 1. The van der Waals surface area contributed by atoms with Crippen LogP contribution >= 0.6 is 0 Å². The predicted octanol–water partition coefficient (Wildman–Crippen LogP) is 4.11. The number of amides is 1. The fourth-order valence-corrected chi connectivity index (χ4v) is 5.85. The van der Waals surface area contributed by atoms with Crippen molar-refractivity contribution in [2.24, 2.45) is 0 Å². The average Bonchev–Trinajstić information content (AvgIpc) is 3.31. The van der Waals surface area contributed by atoms with Crippen molar-refractivity contribution in [3.8, 4) is 0 Å². The molecule has 1 N–H and O–H groups in total. The summed E-state index contributed by atoms with van der Waals surface area (Å²) in [4.78, 5) is 31.2. The first-order valence-corrected chi connectivity index (χ1v) is 12.6. The molecule has 0 atom stereocenters. The summed E-state index contributed by atoms with van der Waals surface area (Å²) in [5, 5.41) is 0.135. The minimum Gasteiger partial charge on any atom is -0.360 e. The topological polar surface area (TPSA) is 90.6 Å². The molecule has 5 rings (SSSR count). The lowest BCUT2D eigenvalue weighted by Crippen LogP contribution is -2.33. The van der Waals surface area contributed by atoms with E-state index in [9.17, 15) is 18.0 Å². The van der Waals surface area contributed by atoms with E-state index >= 15 is 0 Å². The zero-order valence-electron chi connectivity index (χ0n) is 18.8. The number of hydrogen-bond acceptors (Lipinski definition) is 4. The number of para-hydroxylation sites is 2. The van der Waals surface area contributed by atoms with Gasteiger partial charge in [0.15, 0.2) is 0 Å². The third-order valence-electron chi connectivity index (χ3n) is 6.14. The number of rotatable bonds is 6. The Morgan fingerprint density at radius 2 is 1.80 bits per heavy atom. The van der Waals surface area contributed by atoms with Crippen LogP contribution in [-0.4, -0.2) is 32.4 Å². The molecule has 3 aromatic carbocycles. The zero-order valence-corrected chi connectivity index (χ0v) is 19.7. The Labute approximate surface area is 203 Å². The number of fused-ring (bicyclic) bond motifs is 2. The smallest absolute Gasteiger partial charge is 0.264 e. The van der Waals surface area contributed by atoms with E-state index in [1.165, 1.54) is 28.7 Å². The van der Waals surface area contributed by atoms with E-state index in [0.29, 0.717) is 24.2 Å². The van der Waals surface area contributed by atoms with Crippen molar-refractivity contribution in [1.82, 2.24) is 4.98 Å². The van der Waals surface area contributed by atoms with Crippen LogP contribution in [0.4, 0.5) is 11.4 Å². The van der Waals surface area contributed by atoms with Gasteiger partial charge in [0.25, 0.3) is 15.9 Å². The summed E-state index contributed by atoms with van der Waals surface area (Å²) in [7, 11) is -4.00. The molecular weight excluding hydrogens is 462 g/mol. The SMILES string of the molecule is C=CCN(c1ccccc1)S(=O)(=O)c1ccc2[nH]cc(C(=O)N3CCc4ccccc43)c(=O)c2c1. The quantitative estimate of drug-likeness (QED) is 0.416. The summed E-state index contributed by atoms with van der Waals surface area (Å²) in [5.74, 6) is -0.413. The Balaban J connectivity index is 1.58. The van der Waals surface area contributed by atoms with Crippen LogP contribution < -0.4 is 14.6 Å². The zero-order chi connectivity index (χ0) is 24.6. The molecule has 1 aliphatic heterocycles. The van der Waals surface area contributed by atoms with Gasteiger partial charge in [0, 0.05) is 29.3 Å².